The van der Waals surface area contributed by atoms with Gasteiger partial charge in [-0.3, -0.25) is 4.79 Å². The van der Waals surface area contributed by atoms with Gasteiger partial charge in [-0.2, -0.15) is 0 Å². The SMILES string of the molecule is COC(=O)C(C)(C)Sc1nc2c(c(Nc3ccc(C4CC4)c4ccccc34)n1)COC2. The Morgan fingerprint density at radius 2 is 1.90 bits per heavy atom. The minimum absolute atomic E-state index is 0.311. The van der Waals surface area contributed by atoms with Crippen LogP contribution in [0.5, 0.6) is 0 Å². The Bertz CT molecular complexity index is 1170. The fourth-order valence-electron chi connectivity index (χ4n) is 4.00. The number of anilines is 2. The van der Waals surface area contributed by atoms with Gasteiger partial charge in [0.05, 0.1) is 26.0 Å². The van der Waals surface area contributed by atoms with E-state index in [0.29, 0.717) is 24.3 Å². The van der Waals surface area contributed by atoms with Crippen LogP contribution >= 0.6 is 11.8 Å². The van der Waals surface area contributed by atoms with Gasteiger partial charge in [0, 0.05) is 16.6 Å². The molecular weight excluding hydrogens is 410 g/mol. The van der Waals surface area contributed by atoms with Crippen LogP contribution in [0.2, 0.25) is 0 Å². The van der Waals surface area contributed by atoms with Crippen molar-refractivity contribution < 1.29 is 14.3 Å². The smallest absolute Gasteiger partial charge is 0.321 e. The summed E-state index contributed by atoms with van der Waals surface area (Å²) in [6, 6.07) is 12.9. The number of aromatic nitrogens is 2. The number of hydrogen-bond acceptors (Lipinski definition) is 7. The van der Waals surface area contributed by atoms with Crippen LogP contribution in [0.1, 0.15) is 49.4 Å². The second kappa shape index (κ2) is 7.80. The summed E-state index contributed by atoms with van der Waals surface area (Å²) >= 11 is 1.30. The molecule has 7 heteroatoms. The summed E-state index contributed by atoms with van der Waals surface area (Å²) in [7, 11) is 1.39. The van der Waals surface area contributed by atoms with Gasteiger partial charge in [0.1, 0.15) is 10.6 Å². The summed E-state index contributed by atoms with van der Waals surface area (Å²) in [5.41, 5.74) is 4.26. The molecule has 1 saturated carbocycles. The second-order valence-electron chi connectivity index (χ2n) is 8.52. The number of methoxy groups -OCH3 is 1. The molecule has 0 spiro atoms. The average Bonchev–Trinajstić information content (AvgIpc) is 3.49. The number of thioether (sulfide) groups is 1. The highest BCUT2D eigenvalue weighted by molar-refractivity contribution is 8.01. The van der Waals surface area contributed by atoms with Crippen LogP contribution in [0.3, 0.4) is 0 Å². The number of fused-ring (bicyclic) bond motifs is 2. The van der Waals surface area contributed by atoms with Gasteiger partial charge in [0.2, 0.25) is 0 Å². The van der Waals surface area contributed by atoms with Crippen molar-refractivity contribution in [3.05, 3.63) is 53.2 Å². The predicted octanol–water partition coefficient (Wildman–Crippen LogP) is 5.32. The fourth-order valence-corrected chi connectivity index (χ4v) is 4.92. The van der Waals surface area contributed by atoms with E-state index in [1.807, 2.05) is 13.8 Å². The first-order valence-electron chi connectivity index (χ1n) is 10.5. The lowest BCUT2D eigenvalue weighted by atomic mass is 9.99. The molecule has 6 nitrogen and oxygen atoms in total. The average molecular weight is 436 g/mol. The summed E-state index contributed by atoms with van der Waals surface area (Å²) in [5.74, 6) is 1.10. The van der Waals surface area contributed by atoms with Crippen molar-refractivity contribution in [1.82, 2.24) is 9.97 Å². The first kappa shape index (κ1) is 20.3. The summed E-state index contributed by atoms with van der Waals surface area (Å²) in [6.45, 7) is 4.54. The maximum atomic E-state index is 12.1. The van der Waals surface area contributed by atoms with E-state index in [1.54, 1.807) is 0 Å². The highest BCUT2D eigenvalue weighted by Gasteiger charge is 2.33. The van der Waals surface area contributed by atoms with Crippen LogP contribution < -0.4 is 5.32 Å². The molecule has 0 radical (unpaired) electrons. The number of hydrogen-bond donors (Lipinski definition) is 1. The van der Waals surface area contributed by atoms with E-state index in [9.17, 15) is 4.79 Å². The van der Waals surface area contributed by atoms with Gasteiger partial charge in [0.25, 0.3) is 0 Å². The molecule has 2 aromatic carbocycles. The molecule has 1 N–H and O–H groups in total. The highest BCUT2D eigenvalue weighted by atomic mass is 32.2. The molecule has 0 unspecified atom stereocenters. The quantitative estimate of drug-likeness (QED) is 0.319. The number of nitrogens with zero attached hydrogens (tertiary/aromatic N) is 2. The normalized spacial score (nSPS) is 15.7. The van der Waals surface area contributed by atoms with Crippen LogP contribution in [0.15, 0.2) is 41.6 Å². The Morgan fingerprint density at radius 1 is 1.13 bits per heavy atom. The van der Waals surface area contributed by atoms with Crippen molar-refractivity contribution in [2.75, 3.05) is 12.4 Å². The van der Waals surface area contributed by atoms with Gasteiger partial charge in [-0.15, -0.1) is 0 Å². The number of rotatable bonds is 6. The molecule has 1 aliphatic carbocycles. The van der Waals surface area contributed by atoms with Crippen LogP contribution in [0.4, 0.5) is 11.5 Å². The molecule has 0 atom stereocenters. The highest BCUT2D eigenvalue weighted by Crippen LogP contribution is 2.45. The van der Waals surface area contributed by atoms with E-state index < -0.39 is 4.75 Å². The van der Waals surface area contributed by atoms with Gasteiger partial charge in [-0.1, -0.05) is 42.1 Å². The predicted molar refractivity (Wildman–Crippen MR) is 122 cm³/mol. The zero-order valence-corrected chi connectivity index (χ0v) is 18.7. The van der Waals surface area contributed by atoms with E-state index in [0.717, 1.165) is 22.8 Å². The minimum Gasteiger partial charge on any atom is -0.468 e. The molecule has 1 fully saturated rings. The van der Waals surface area contributed by atoms with Gasteiger partial charge < -0.3 is 14.8 Å². The van der Waals surface area contributed by atoms with E-state index in [4.69, 9.17) is 14.5 Å². The van der Waals surface area contributed by atoms with Crippen molar-refractivity contribution in [1.29, 1.82) is 0 Å². The lowest BCUT2D eigenvalue weighted by Gasteiger charge is -2.20. The molecule has 31 heavy (non-hydrogen) atoms. The van der Waals surface area contributed by atoms with Crippen LogP contribution in [-0.4, -0.2) is 27.8 Å². The minimum atomic E-state index is -0.793. The Hall–Kier alpha value is -2.64. The molecule has 2 aliphatic rings. The van der Waals surface area contributed by atoms with E-state index in [2.05, 4.69) is 46.7 Å². The number of benzene rings is 2. The zero-order chi connectivity index (χ0) is 21.6. The molecule has 0 amide bonds. The van der Waals surface area contributed by atoms with Gasteiger partial charge >= 0.3 is 5.97 Å². The molecule has 3 aromatic rings. The molecule has 1 aliphatic heterocycles. The number of ether oxygens (including phenoxy) is 2. The van der Waals surface area contributed by atoms with Gasteiger partial charge in [-0.25, -0.2) is 9.97 Å². The van der Waals surface area contributed by atoms with Crippen LogP contribution in [0.25, 0.3) is 10.8 Å². The Labute approximate surface area is 185 Å². The molecule has 0 saturated heterocycles. The van der Waals surface area contributed by atoms with Crippen molar-refractivity contribution in [3.8, 4) is 0 Å². The van der Waals surface area contributed by atoms with Gasteiger partial charge in [0.15, 0.2) is 5.16 Å². The standard InChI is InChI=1S/C24H25N3O3S/c1-24(2,22(28)29-3)31-23-26-20-13-30-12-18(20)21(27-23)25-19-11-10-15(14-8-9-14)16-6-4-5-7-17(16)19/h4-7,10-11,14H,8-9,12-13H2,1-3H3,(H,25,26,27). The third kappa shape index (κ3) is 3.88. The molecular formula is C24H25N3O3S. The summed E-state index contributed by atoms with van der Waals surface area (Å²) in [4.78, 5) is 21.6. The number of esters is 1. The van der Waals surface area contributed by atoms with Gasteiger partial charge in [-0.05, 0) is 49.6 Å². The third-order valence-electron chi connectivity index (χ3n) is 5.81. The fraction of sp³-hybridized carbons (Fsp3) is 0.375. The van der Waals surface area contributed by atoms with Crippen LogP contribution in [0, 0.1) is 0 Å². The van der Waals surface area contributed by atoms with Crippen LogP contribution in [-0.2, 0) is 27.5 Å². The largest absolute Gasteiger partial charge is 0.468 e. The lowest BCUT2D eigenvalue weighted by molar-refractivity contribution is -0.142. The monoisotopic (exact) mass is 435 g/mol. The van der Waals surface area contributed by atoms with Crippen molar-refractivity contribution in [3.63, 3.8) is 0 Å². The zero-order valence-electron chi connectivity index (χ0n) is 17.9. The van der Waals surface area contributed by atoms with E-state index in [1.165, 1.54) is 48.0 Å². The van der Waals surface area contributed by atoms with E-state index in [-0.39, 0.29) is 5.97 Å². The van der Waals surface area contributed by atoms with E-state index >= 15 is 0 Å². The lowest BCUT2D eigenvalue weighted by Crippen LogP contribution is -2.29. The number of carbonyl (C=O) groups is 1. The van der Waals surface area contributed by atoms with Crippen molar-refractivity contribution in [2.24, 2.45) is 0 Å². The summed E-state index contributed by atoms with van der Waals surface area (Å²) < 4.78 is 9.79. The molecule has 5 rings (SSSR count). The van der Waals surface area contributed by atoms with Crippen molar-refractivity contribution in [2.45, 2.75) is 55.7 Å². The van der Waals surface area contributed by atoms with Crippen molar-refractivity contribution >= 4 is 40.0 Å². The maximum absolute atomic E-state index is 12.1. The second-order valence-corrected chi connectivity index (χ2v) is 10.1. The topological polar surface area (TPSA) is 73.3 Å². The molecule has 1 aromatic heterocycles. The maximum Gasteiger partial charge on any atom is 0.321 e. The first-order chi connectivity index (χ1) is 15.0. The Kier molecular flexibility index (Phi) is 5.10. The molecule has 160 valence electrons. The first-order valence-corrected chi connectivity index (χ1v) is 11.3. The Balaban J connectivity index is 1.53. The summed E-state index contributed by atoms with van der Waals surface area (Å²) in [6.07, 6.45) is 2.54. The molecule has 2 heterocycles. The molecule has 0 bridgehead atoms. The Morgan fingerprint density at radius 3 is 2.65 bits per heavy atom. The third-order valence-corrected chi connectivity index (χ3v) is 6.85. The summed E-state index contributed by atoms with van der Waals surface area (Å²) in [5, 5.41) is 6.54. The number of carbonyl (C=O) groups excluding carboxylic acids is 1. The number of nitrogens with one attached hydrogen (secondary N) is 1.